The van der Waals surface area contributed by atoms with Gasteiger partial charge in [0.05, 0.1) is 18.6 Å². The van der Waals surface area contributed by atoms with Crippen LogP contribution >= 0.6 is 0 Å². The van der Waals surface area contributed by atoms with Gasteiger partial charge in [-0.15, -0.1) is 0 Å². The highest BCUT2D eigenvalue weighted by Crippen LogP contribution is 2.30. The van der Waals surface area contributed by atoms with Crippen LogP contribution in [0.2, 0.25) is 0 Å². The van der Waals surface area contributed by atoms with Crippen LogP contribution in [0.4, 0.5) is 4.79 Å². The molecule has 0 radical (unpaired) electrons. The van der Waals surface area contributed by atoms with Gasteiger partial charge in [0.2, 0.25) is 0 Å². The van der Waals surface area contributed by atoms with Crippen LogP contribution in [0.25, 0.3) is 0 Å². The van der Waals surface area contributed by atoms with Gasteiger partial charge in [0.15, 0.2) is 0 Å². The van der Waals surface area contributed by atoms with Crippen molar-refractivity contribution in [2.45, 2.75) is 40.2 Å². The van der Waals surface area contributed by atoms with E-state index in [1.165, 1.54) is 4.90 Å². The van der Waals surface area contributed by atoms with E-state index in [1.807, 2.05) is 13.8 Å². The number of rotatable bonds is 2. The molecular formula is C12H25NO4. The summed E-state index contributed by atoms with van der Waals surface area (Å²) in [6, 6.07) is 0. The van der Waals surface area contributed by atoms with Gasteiger partial charge in [-0.05, 0) is 20.8 Å². The quantitative estimate of drug-likeness (QED) is 0.770. The summed E-state index contributed by atoms with van der Waals surface area (Å²) in [6.45, 7) is 9.90. The first-order chi connectivity index (χ1) is 7.82. The average molecular weight is 247 g/mol. The van der Waals surface area contributed by atoms with Gasteiger partial charge in [-0.2, -0.15) is 0 Å². The van der Waals surface area contributed by atoms with Crippen LogP contribution in [0.3, 0.4) is 0 Å². The fourth-order valence-electron chi connectivity index (χ4n) is 1.47. The Morgan fingerprint density at radius 3 is 1.94 bits per heavy atom. The first-order valence-corrected chi connectivity index (χ1v) is 6.02. The van der Waals surface area contributed by atoms with Crippen molar-refractivity contribution in [3.8, 4) is 0 Å². The number of ether oxygens (including phenoxy) is 1. The van der Waals surface area contributed by atoms with E-state index in [9.17, 15) is 4.79 Å². The van der Waals surface area contributed by atoms with Gasteiger partial charge in [-0.25, -0.2) is 4.79 Å². The molecule has 0 aliphatic carbocycles. The Balaban J connectivity index is 0.00000121. The lowest BCUT2D eigenvalue weighted by Crippen LogP contribution is -2.62. The molecular weight excluding hydrogens is 222 g/mol. The minimum Gasteiger partial charge on any atom is -0.444 e. The molecule has 0 aromatic rings. The predicted octanol–water partition coefficient (Wildman–Crippen LogP) is 1.23. The van der Waals surface area contributed by atoms with Crippen molar-refractivity contribution >= 4 is 6.09 Å². The van der Waals surface area contributed by atoms with Crippen LogP contribution in [-0.4, -0.2) is 53.1 Å². The summed E-state index contributed by atoms with van der Waals surface area (Å²) < 4.78 is 5.15. The van der Waals surface area contributed by atoms with Crippen LogP contribution in [0.15, 0.2) is 0 Å². The molecule has 1 heterocycles. The Kier molecular flexibility index (Phi) is 5.92. The van der Waals surface area contributed by atoms with Crippen molar-refractivity contribution in [1.82, 2.24) is 4.90 Å². The number of aliphatic hydroxyl groups excluding tert-OH is 2. The number of amides is 1. The van der Waals surface area contributed by atoms with Gasteiger partial charge in [0.1, 0.15) is 5.60 Å². The maximum Gasteiger partial charge on any atom is 0.410 e. The summed E-state index contributed by atoms with van der Waals surface area (Å²) in [5.74, 6) is 0. The van der Waals surface area contributed by atoms with Gasteiger partial charge < -0.3 is 19.8 Å². The molecule has 1 amide bonds. The van der Waals surface area contributed by atoms with Gasteiger partial charge in [-0.3, -0.25) is 0 Å². The largest absolute Gasteiger partial charge is 0.444 e. The number of hydrogen-bond acceptors (Lipinski definition) is 4. The molecule has 1 aliphatic rings. The summed E-state index contributed by atoms with van der Waals surface area (Å²) in [4.78, 5) is 13.0. The van der Waals surface area contributed by atoms with E-state index in [1.54, 1.807) is 20.8 Å². The molecule has 1 saturated heterocycles. The Hall–Kier alpha value is -0.810. The van der Waals surface area contributed by atoms with Gasteiger partial charge >= 0.3 is 6.09 Å². The average Bonchev–Trinajstić information content (AvgIpc) is 2.18. The van der Waals surface area contributed by atoms with E-state index in [-0.39, 0.29) is 19.3 Å². The van der Waals surface area contributed by atoms with Crippen LogP contribution < -0.4 is 0 Å². The van der Waals surface area contributed by atoms with Crippen molar-refractivity contribution in [1.29, 1.82) is 0 Å². The first-order valence-electron chi connectivity index (χ1n) is 6.02. The number of carbonyl (C=O) groups excluding carboxylic acids is 1. The number of aliphatic hydroxyl groups is 2. The Labute approximate surface area is 103 Å². The molecule has 0 spiro atoms. The van der Waals surface area contributed by atoms with E-state index < -0.39 is 11.0 Å². The SMILES string of the molecule is CC.CC(C)(C)OC(=O)N1CC(CO)(CO)C1. The summed E-state index contributed by atoms with van der Waals surface area (Å²) in [5.41, 5.74) is -1.04. The van der Waals surface area contributed by atoms with Gasteiger partial charge in [-0.1, -0.05) is 13.8 Å². The molecule has 0 bridgehead atoms. The highest BCUT2D eigenvalue weighted by molar-refractivity contribution is 5.69. The molecule has 5 nitrogen and oxygen atoms in total. The summed E-state index contributed by atoms with van der Waals surface area (Å²) in [7, 11) is 0. The fourth-order valence-corrected chi connectivity index (χ4v) is 1.47. The number of carbonyl (C=O) groups is 1. The van der Waals surface area contributed by atoms with Gasteiger partial charge in [0, 0.05) is 13.1 Å². The second-order valence-electron chi connectivity index (χ2n) is 5.15. The molecule has 0 saturated carbocycles. The highest BCUT2D eigenvalue weighted by Gasteiger charge is 2.45. The zero-order chi connectivity index (χ0) is 13.7. The number of hydrogen-bond donors (Lipinski definition) is 2. The standard InChI is InChI=1S/C10H19NO4.C2H6/c1-9(2,3)15-8(14)11-4-10(5-11,6-12)7-13;1-2/h12-13H,4-7H2,1-3H3;1-2H3. The molecule has 0 aromatic heterocycles. The minimum atomic E-state index is -0.531. The maximum atomic E-state index is 11.5. The highest BCUT2D eigenvalue weighted by atomic mass is 16.6. The van der Waals surface area contributed by atoms with E-state index in [4.69, 9.17) is 14.9 Å². The van der Waals surface area contributed by atoms with Crippen LogP contribution in [0, 0.1) is 5.41 Å². The molecule has 1 aliphatic heterocycles. The van der Waals surface area contributed by atoms with Crippen molar-refractivity contribution in [3.05, 3.63) is 0 Å². The van der Waals surface area contributed by atoms with Crippen molar-refractivity contribution in [3.63, 3.8) is 0 Å². The molecule has 17 heavy (non-hydrogen) atoms. The second kappa shape index (κ2) is 6.21. The van der Waals surface area contributed by atoms with Crippen LogP contribution in [0.1, 0.15) is 34.6 Å². The molecule has 1 rings (SSSR count). The van der Waals surface area contributed by atoms with E-state index in [0.717, 1.165) is 0 Å². The fraction of sp³-hybridized carbons (Fsp3) is 0.917. The molecule has 0 unspecified atom stereocenters. The molecule has 5 heteroatoms. The van der Waals surface area contributed by atoms with Gasteiger partial charge in [0.25, 0.3) is 0 Å². The van der Waals surface area contributed by atoms with Crippen molar-refractivity contribution in [2.24, 2.45) is 5.41 Å². The lowest BCUT2D eigenvalue weighted by atomic mass is 9.82. The monoisotopic (exact) mass is 247 g/mol. The third kappa shape index (κ3) is 4.52. The zero-order valence-electron chi connectivity index (χ0n) is 11.5. The van der Waals surface area contributed by atoms with Crippen LogP contribution in [0.5, 0.6) is 0 Å². The first kappa shape index (κ1) is 16.2. The minimum absolute atomic E-state index is 0.108. The van der Waals surface area contributed by atoms with Crippen LogP contribution in [-0.2, 0) is 4.74 Å². The third-order valence-corrected chi connectivity index (χ3v) is 2.38. The lowest BCUT2D eigenvalue weighted by Gasteiger charge is -2.47. The third-order valence-electron chi connectivity index (χ3n) is 2.38. The topological polar surface area (TPSA) is 70.0 Å². The van der Waals surface area contributed by atoms with Crippen molar-refractivity contribution in [2.75, 3.05) is 26.3 Å². The number of likely N-dealkylation sites (tertiary alicyclic amines) is 1. The molecule has 0 aromatic carbocycles. The Morgan fingerprint density at radius 1 is 1.24 bits per heavy atom. The van der Waals surface area contributed by atoms with E-state index in [2.05, 4.69) is 0 Å². The predicted molar refractivity (Wildman–Crippen MR) is 65.8 cm³/mol. The summed E-state index contributed by atoms with van der Waals surface area (Å²) in [5, 5.41) is 18.1. The summed E-state index contributed by atoms with van der Waals surface area (Å²) in [6.07, 6.45) is -0.389. The Bertz CT molecular complexity index is 235. The molecule has 102 valence electrons. The molecule has 0 atom stereocenters. The smallest absolute Gasteiger partial charge is 0.410 e. The normalized spacial score (nSPS) is 17.7. The van der Waals surface area contributed by atoms with E-state index >= 15 is 0 Å². The second-order valence-corrected chi connectivity index (χ2v) is 5.15. The zero-order valence-corrected chi connectivity index (χ0v) is 11.5. The molecule has 1 fully saturated rings. The van der Waals surface area contributed by atoms with Crippen molar-refractivity contribution < 1.29 is 19.7 Å². The maximum absolute atomic E-state index is 11.5. The lowest BCUT2D eigenvalue weighted by molar-refractivity contribution is -0.0789. The molecule has 2 N–H and O–H groups in total. The van der Waals surface area contributed by atoms with E-state index in [0.29, 0.717) is 13.1 Å². The Morgan fingerprint density at radius 2 is 1.65 bits per heavy atom. The summed E-state index contributed by atoms with van der Waals surface area (Å²) >= 11 is 0. The number of nitrogens with zero attached hydrogens (tertiary/aromatic N) is 1.